The maximum Gasteiger partial charge on any atom is 0.277 e. The first-order chi connectivity index (χ1) is 15.4. The molecule has 0 atom stereocenters. The first kappa shape index (κ1) is 23.8. The number of anilines is 1. The summed E-state index contributed by atoms with van der Waals surface area (Å²) in [6.07, 6.45) is 4.32. The van der Waals surface area contributed by atoms with E-state index in [9.17, 15) is 4.79 Å². The Bertz CT molecular complexity index is 1050. The van der Waals surface area contributed by atoms with E-state index < -0.39 is 0 Å². The second-order valence-electron chi connectivity index (χ2n) is 6.92. The number of carbonyl (C=O) groups is 1. The van der Waals surface area contributed by atoms with Crippen LogP contribution in [0.3, 0.4) is 0 Å². The number of nitrogens with zero attached hydrogens (tertiary/aromatic N) is 2. The fraction of sp³-hybridized carbons (Fsp3) is 0.250. The first-order valence-electron chi connectivity index (χ1n) is 10.1. The molecule has 0 unspecified atom stereocenters. The molecule has 3 rings (SSSR count). The standard InChI is InChI=1S/C24H25BrN2O4S/c1-5-11-26-23(28)20(27(24(26)32)17-7-9-18(29-3)10-8-17)13-16-14-21(30-4)22(15-19(16)25)31-12-6-2/h5,7-10,13-15H,1,6,11-12H2,2-4H3/b20-13+. The normalized spacial score (nSPS) is 14.8. The molecule has 1 fully saturated rings. The number of methoxy groups -OCH3 is 2. The molecule has 0 aromatic heterocycles. The highest BCUT2D eigenvalue weighted by Gasteiger charge is 2.38. The minimum atomic E-state index is -0.206. The van der Waals surface area contributed by atoms with Gasteiger partial charge in [0.2, 0.25) is 0 Å². The Morgan fingerprint density at radius 1 is 1.12 bits per heavy atom. The van der Waals surface area contributed by atoms with E-state index in [0.717, 1.165) is 22.1 Å². The van der Waals surface area contributed by atoms with Crippen molar-refractivity contribution in [3.8, 4) is 17.2 Å². The van der Waals surface area contributed by atoms with Gasteiger partial charge in [0.05, 0.1) is 20.8 Å². The topological polar surface area (TPSA) is 51.2 Å². The first-order valence-corrected chi connectivity index (χ1v) is 11.3. The third-order valence-corrected chi connectivity index (χ3v) is 5.90. The Kier molecular flexibility index (Phi) is 7.93. The highest BCUT2D eigenvalue weighted by atomic mass is 79.9. The molecule has 1 aliphatic rings. The van der Waals surface area contributed by atoms with Crippen LogP contribution in [0.1, 0.15) is 18.9 Å². The van der Waals surface area contributed by atoms with Crippen molar-refractivity contribution in [2.45, 2.75) is 13.3 Å². The quantitative estimate of drug-likeness (QED) is 0.252. The van der Waals surface area contributed by atoms with Gasteiger partial charge in [-0.1, -0.05) is 28.9 Å². The number of halogens is 1. The van der Waals surface area contributed by atoms with Gasteiger partial charge in [-0.15, -0.1) is 6.58 Å². The number of hydrogen-bond acceptors (Lipinski definition) is 5. The molecule has 168 valence electrons. The molecule has 8 heteroatoms. The Morgan fingerprint density at radius 3 is 2.44 bits per heavy atom. The predicted molar refractivity (Wildman–Crippen MR) is 134 cm³/mol. The van der Waals surface area contributed by atoms with Gasteiger partial charge in [0.1, 0.15) is 11.4 Å². The molecule has 1 saturated heterocycles. The van der Waals surface area contributed by atoms with Gasteiger partial charge < -0.3 is 14.2 Å². The number of thiocarbonyl (C=S) groups is 1. The van der Waals surface area contributed by atoms with Gasteiger partial charge in [-0.05, 0) is 66.7 Å². The lowest BCUT2D eigenvalue weighted by molar-refractivity contribution is -0.121. The molecule has 1 aliphatic heterocycles. The summed E-state index contributed by atoms with van der Waals surface area (Å²) in [5.41, 5.74) is 1.94. The van der Waals surface area contributed by atoms with Gasteiger partial charge in [-0.25, -0.2) is 0 Å². The third kappa shape index (κ3) is 4.81. The zero-order valence-corrected chi connectivity index (χ0v) is 20.7. The van der Waals surface area contributed by atoms with E-state index in [1.54, 1.807) is 31.3 Å². The molecule has 1 heterocycles. The molecule has 0 spiro atoms. The van der Waals surface area contributed by atoms with Crippen molar-refractivity contribution in [3.05, 3.63) is 64.8 Å². The van der Waals surface area contributed by atoms with Crippen molar-refractivity contribution in [1.29, 1.82) is 0 Å². The van der Waals surface area contributed by atoms with Gasteiger partial charge >= 0.3 is 0 Å². The highest BCUT2D eigenvalue weighted by molar-refractivity contribution is 9.10. The van der Waals surface area contributed by atoms with Crippen LogP contribution in [0.15, 0.2) is 59.2 Å². The van der Waals surface area contributed by atoms with Gasteiger partial charge in [0.15, 0.2) is 16.6 Å². The maximum atomic E-state index is 13.3. The molecule has 0 radical (unpaired) electrons. The maximum absolute atomic E-state index is 13.3. The van der Waals surface area contributed by atoms with Crippen LogP contribution in [0.4, 0.5) is 5.69 Å². The SMILES string of the molecule is C=CCN1C(=O)/C(=C\c2cc(OC)c(OCCC)cc2Br)N(c2ccc(OC)cc2)C1=S. The molecule has 2 aromatic rings. The number of carbonyl (C=O) groups excluding carboxylic acids is 1. The highest BCUT2D eigenvalue weighted by Crippen LogP contribution is 2.37. The van der Waals surface area contributed by atoms with Crippen LogP contribution < -0.4 is 19.1 Å². The van der Waals surface area contributed by atoms with Gasteiger partial charge in [0.25, 0.3) is 5.91 Å². The van der Waals surface area contributed by atoms with Crippen LogP contribution in [-0.4, -0.2) is 43.3 Å². The largest absolute Gasteiger partial charge is 0.497 e. The van der Waals surface area contributed by atoms with Crippen molar-refractivity contribution in [1.82, 2.24) is 4.90 Å². The molecule has 1 amide bonds. The fourth-order valence-electron chi connectivity index (χ4n) is 3.23. The Labute approximate surface area is 202 Å². The van der Waals surface area contributed by atoms with Crippen molar-refractivity contribution in [3.63, 3.8) is 0 Å². The zero-order valence-electron chi connectivity index (χ0n) is 18.3. The second kappa shape index (κ2) is 10.7. The molecule has 0 N–H and O–H groups in total. The summed E-state index contributed by atoms with van der Waals surface area (Å²) < 4.78 is 17.3. The summed E-state index contributed by atoms with van der Waals surface area (Å²) in [4.78, 5) is 16.5. The van der Waals surface area contributed by atoms with E-state index in [1.165, 1.54) is 4.90 Å². The van der Waals surface area contributed by atoms with Crippen LogP contribution in [0.25, 0.3) is 6.08 Å². The Balaban J connectivity index is 2.09. The van der Waals surface area contributed by atoms with Gasteiger partial charge in [-0.3, -0.25) is 14.6 Å². The summed E-state index contributed by atoms with van der Waals surface area (Å²) in [6.45, 7) is 6.68. The molecule has 2 aromatic carbocycles. The van der Waals surface area contributed by atoms with Crippen LogP contribution in [-0.2, 0) is 4.79 Å². The van der Waals surface area contributed by atoms with E-state index in [2.05, 4.69) is 22.5 Å². The molecule has 0 aliphatic carbocycles. The molecule has 0 bridgehead atoms. The van der Waals surface area contributed by atoms with Crippen molar-refractivity contribution >= 4 is 50.9 Å². The van der Waals surface area contributed by atoms with E-state index in [-0.39, 0.29) is 5.91 Å². The van der Waals surface area contributed by atoms with Crippen molar-refractivity contribution in [2.24, 2.45) is 0 Å². The summed E-state index contributed by atoms with van der Waals surface area (Å²) >= 11 is 9.24. The Hall–Kier alpha value is -2.84. The summed E-state index contributed by atoms with van der Waals surface area (Å²) in [6, 6.07) is 11.1. The summed E-state index contributed by atoms with van der Waals surface area (Å²) in [7, 11) is 3.19. The molecular weight excluding hydrogens is 492 g/mol. The number of rotatable bonds is 9. The third-order valence-electron chi connectivity index (χ3n) is 4.81. The van der Waals surface area contributed by atoms with Crippen LogP contribution in [0.5, 0.6) is 17.2 Å². The summed E-state index contributed by atoms with van der Waals surface area (Å²) in [5, 5.41) is 0.386. The number of hydrogen-bond donors (Lipinski definition) is 0. The molecule has 0 saturated carbocycles. The van der Waals surface area contributed by atoms with Crippen molar-refractivity contribution in [2.75, 3.05) is 32.3 Å². The van der Waals surface area contributed by atoms with E-state index >= 15 is 0 Å². The fourth-order valence-corrected chi connectivity index (χ4v) is 4.03. The van der Waals surface area contributed by atoms with Gasteiger partial charge in [0, 0.05) is 16.7 Å². The lowest BCUT2D eigenvalue weighted by atomic mass is 10.1. The zero-order chi connectivity index (χ0) is 23.3. The molecule has 32 heavy (non-hydrogen) atoms. The number of amides is 1. The smallest absolute Gasteiger partial charge is 0.277 e. The van der Waals surface area contributed by atoms with E-state index in [4.69, 9.17) is 26.4 Å². The lowest BCUT2D eigenvalue weighted by Crippen LogP contribution is -2.32. The average molecular weight is 517 g/mol. The minimum Gasteiger partial charge on any atom is -0.497 e. The Morgan fingerprint density at radius 2 is 1.84 bits per heavy atom. The summed E-state index contributed by atoms with van der Waals surface area (Å²) in [5.74, 6) is 1.73. The van der Waals surface area contributed by atoms with Crippen molar-refractivity contribution < 1.29 is 19.0 Å². The second-order valence-corrected chi connectivity index (χ2v) is 8.14. The van der Waals surface area contributed by atoms with E-state index in [1.807, 2.05) is 43.3 Å². The van der Waals surface area contributed by atoms with Crippen LogP contribution in [0.2, 0.25) is 0 Å². The lowest BCUT2D eigenvalue weighted by Gasteiger charge is -2.20. The van der Waals surface area contributed by atoms with Crippen LogP contribution in [0, 0.1) is 0 Å². The predicted octanol–water partition coefficient (Wildman–Crippen LogP) is 5.42. The minimum absolute atomic E-state index is 0.206. The molecular formula is C24H25BrN2O4S. The number of ether oxygens (including phenoxy) is 3. The monoisotopic (exact) mass is 516 g/mol. The number of benzene rings is 2. The van der Waals surface area contributed by atoms with E-state index in [0.29, 0.717) is 41.2 Å². The average Bonchev–Trinajstić information content (AvgIpc) is 3.03. The van der Waals surface area contributed by atoms with Gasteiger partial charge in [-0.2, -0.15) is 0 Å². The van der Waals surface area contributed by atoms with Crippen LogP contribution >= 0.6 is 28.1 Å². The molecule has 6 nitrogen and oxygen atoms in total.